The van der Waals surface area contributed by atoms with Crippen LogP contribution in [0.5, 0.6) is 6.01 Å². The van der Waals surface area contributed by atoms with Crippen LogP contribution in [0.2, 0.25) is 5.02 Å². The van der Waals surface area contributed by atoms with Crippen molar-refractivity contribution in [2.45, 2.75) is 57.2 Å². The summed E-state index contributed by atoms with van der Waals surface area (Å²) in [6.07, 6.45) is 8.78. The van der Waals surface area contributed by atoms with Crippen LogP contribution in [-0.2, 0) is 17.8 Å². The van der Waals surface area contributed by atoms with Gasteiger partial charge in [-0.05, 0) is 68.2 Å². The van der Waals surface area contributed by atoms with Crippen molar-refractivity contribution in [3.8, 4) is 6.01 Å². The summed E-state index contributed by atoms with van der Waals surface area (Å²) in [5.41, 5.74) is 3.70. The molecule has 0 bridgehead atoms. The number of nitrogens with zero attached hydrogens (tertiary/aromatic N) is 7. The van der Waals surface area contributed by atoms with Crippen molar-refractivity contribution >= 4 is 39.8 Å². The minimum Gasteiger partial charge on any atom is -0.462 e. The Kier molecular flexibility index (Phi) is 8.51. The van der Waals surface area contributed by atoms with Crippen molar-refractivity contribution in [1.29, 1.82) is 0 Å². The zero-order valence-corrected chi connectivity index (χ0v) is 27.4. The molecule has 0 N–H and O–H groups in total. The first kappa shape index (κ1) is 30.8. The molecule has 7 rings (SSSR count). The van der Waals surface area contributed by atoms with Crippen LogP contribution >= 0.6 is 11.6 Å². The first-order chi connectivity index (χ1) is 22.4. The van der Waals surface area contributed by atoms with Gasteiger partial charge in [0.1, 0.15) is 18.5 Å². The third-order valence-electron chi connectivity index (χ3n) is 10.7. The number of piperazine rings is 1. The minimum absolute atomic E-state index is 0.134. The standard InChI is InChI=1S/C36H42ClN7O2/c1-4-32(45)44-19-18-43(23-26(44)22-38-2)34-27-13-17-42(30-11-6-9-25-8-5-10-28(37)33(25)30)24-29(27)39-35(40-34)46-21-20-41(3)31-12-7-14-36(31)15-16-36/h4-6,8-11,26,31H,1,7,12-24H2,3H3/t26-,31?/m0/s1. The molecule has 4 aliphatic rings. The maximum absolute atomic E-state index is 12.6. The van der Waals surface area contributed by atoms with Gasteiger partial charge in [-0.3, -0.25) is 9.69 Å². The number of rotatable bonds is 9. The van der Waals surface area contributed by atoms with E-state index in [9.17, 15) is 4.79 Å². The highest BCUT2D eigenvalue weighted by Gasteiger charge is 2.53. The van der Waals surface area contributed by atoms with Crippen LogP contribution in [-0.4, -0.2) is 90.7 Å². The molecule has 1 aromatic heterocycles. The predicted molar refractivity (Wildman–Crippen MR) is 183 cm³/mol. The number of carbonyl (C=O) groups is 1. The van der Waals surface area contributed by atoms with Crippen molar-refractivity contribution in [1.82, 2.24) is 19.8 Å². The second-order valence-electron chi connectivity index (χ2n) is 13.3. The molecule has 3 heterocycles. The monoisotopic (exact) mass is 639 g/mol. The highest BCUT2D eigenvalue weighted by Crippen LogP contribution is 2.59. The van der Waals surface area contributed by atoms with Gasteiger partial charge in [-0.2, -0.15) is 9.97 Å². The van der Waals surface area contributed by atoms with Gasteiger partial charge in [0, 0.05) is 55.4 Å². The first-order valence-corrected chi connectivity index (χ1v) is 16.9. The fourth-order valence-corrected chi connectivity index (χ4v) is 8.44. The number of benzene rings is 2. The lowest BCUT2D eigenvalue weighted by Gasteiger charge is -2.41. The number of aromatic nitrogens is 2. The highest BCUT2D eigenvalue weighted by molar-refractivity contribution is 6.36. The van der Waals surface area contributed by atoms with Gasteiger partial charge in [-0.25, -0.2) is 6.57 Å². The Balaban J connectivity index is 1.17. The maximum atomic E-state index is 12.6. The molecule has 1 spiro atoms. The average molecular weight is 640 g/mol. The Morgan fingerprint density at radius 1 is 1.17 bits per heavy atom. The summed E-state index contributed by atoms with van der Waals surface area (Å²) in [5.74, 6) is 0.725. The lowest BCUT2D eigenvalue weighted by molar-refractivity contribution is -0.128. The van der Waals surface area contributed by atoms with Crippen molar-refractivity contribution in [2.24, 2.45) is 5.41 Å². The van der Waals surface area contributed by atoms with Crippen LogP contribution in [0.4, 0.5) is 11.5 Å². The summed E-state index contributed by atoms with van der Waals surface area (Å²) < 4.78 is 6.35. The van der Waals surface area contributed by atoms with E-state index in [1.807, 2.05) is 12.1 Å². The molecule has 1 amide bonds. The van der Waals surface area contributed by atoms with Gasteiger partial charge in [0.25, 0.3) is 0 Å². The average Bonchev–Trinajstić information content (AvgIpc) is 3.73. The van der Waals surface area contributed by atoms with Crippen LogP contribution < -0.4 is 14.5 Å². The van der Waals surface area contributed by atoms with Gasteiger partial charge in [0.15, 0.2) is 0 Å². The molecule has 2 atom stereocenters. The number of fused-ring (bicyclic) bond motifs is 2. The van der Waals surface area contributed by atoms with Crippen molar-refractivity contribution in [2.75, 3.05) is 62.7 Å². The predicted octanol–water partition coefficient (Wildman–Crippen LogP) is 5.61. The lowest BCUT2D eigenvalue weighted by atomic mass is 9.99. The molecular weight excluding hydrogens is 598 g/mol. The molecule has 2 aromatic carbocycles. The van der Waals surface area contributed by atoms with E-state index in [0.29, 0.717) is 50.3 Å². The zero-order valence-electron chi connectivity index (χ0n) is 26.6. The third-order valence-corrected chi connectivity index (χ3v) is 11.0. The Morgan fingerprint density at radius 3 is 2.78 bits per heavy atom. The van der Waals surface area contributed by atoms with E-state index in [1.165, 1.54) is 38.2 Å². The largest absolute Gasteiger partial charge is 0.462 e. The van der Waals surface area contributed by atoms with Crippen LogP contribution in [0.25, 0.3) is 15.6 Å². The van der Waals surface area contributed by atoms with Gasteiger partial charge in [0.05, 0.1) is 17.3 Å². The third kappa shape index (κ3) is 5.78. The molecule has 46 heavy (non-hydrogen) atoms. The minimum atomic E-state index is -0.237. The summed E-state index contributed by atoms with van der Waals surface area (Å²) in [6.45, 7) is 15.9. The molecule has 240 valence electrons. The van der Waals surface area contributed by atoms with Crippen molar-refractivity contribution < 1.29 is 9.53 Å². The summed E-state index contributed by atoms with van der Waals surface area (Å²) in [7, 11) is 2.23. The molecule has 1 saturated heterocycles. The molecule has 9 nitrogen and oxygen atoms in total. The number of ether oxygens (including phenoxy) is 1. The fourth-order valence-electron chi connectivity index (χ4n) is 8.17. The van der Waals surface area contributed by atoms with Gasteiger partial charge >= 0.3 is 6.01 Å². The van der Waals surface area contributed by atoms with E-state index in [1.54, 1.807) is 4.90 Å². The Hall–Kier alpha value is -3.87. The molecule has 0 radical (unpaired) electrons. The van der Waals surface area contributed by atoms with Crippen molar-refractivity contribution in [3.63, 3.8) is 0 Å². The Bertz CT molecular complexity index is 1680. The second-order valence-corrected chi connectivity index (χ2v) is 13.7. The number of likely N-dealkylation sites (N-methyl/N-ethyl adjacent to an activating group) is 1. The van der Waals surface area contributed by atoms with E-state index in [2.05, 4.69) is 57.4 Å². The van der Waals surface area contributed by atoms with E-state index >= 15 is 0 Å². The molecule has 10 heteroatoms. The Morgan fingerprint density at radius 2 is 2.00 bits per heavy atom. The smallest absolute Gasteiger partial charge is 0.318 e. The summed E-state index contributed by atoms with van der Waals surface area (Å²) >= 11 is 6.73. The van der Waals surface area contributed by atoms with Gasteiger partial charge in [0.2, 0.25) is 12.5 Å². The van der Waals surface area contributed by atoms with Gasteiger partial charge in [-0.1, -0.05) is 48.9 Å². The van der Waals surface area contributed by atoms with E-state index in [-0.39, 0.29) is 18.5 Å². The normalized spacial score (nSPS) is 21.8. The highest BCUT2D eigenvalue weighted by atomic mass is 35.5. The zero-order chi connectivity index (χ0) is 31.8. The number of hydrogen-bond acceptors (Lipinski definition) is 7. The summed E-state index contributed by atoms with van der Waals surface area (Å²) in [4.78, 5) is 35.1. The van der Waals surface area contributed by atoms with E-state index in [4.69, 9.17) is 32.9 Å². The summed E-state index contributed by atoms with van der Waals surface area (Å²) in [6, 6.07) is 13.1. The molecular formula is C36H42ClN7O2. The number of carbonyl (C=O) groups excluding carboxylic acids is 1. The molecule has 2 aliphatic carbocycles. The van der Waals surface area contributed by atoms with Crippen LogP contribution in [0, 0.1) is 12.0 Å². The number of hydrogen-bond donors (Lipinski definition) is 0. The van der Waals surface area contributed by atoms with Gasteiger partial charge in [-0.15, -0.1) is 0 Å². The molecule has 2 aliphatic heterocycles. The van der Waals surface area contributed by atoms with Crippen LogP contribution in [0.1, 0.15) is 43.4 Å². The first-order valence-electron chi connectivity index (χ1n) is 16.6. The van der Waals surface area contributed by atoms with E-state index < -0.39 is 0 Å². The second kappa shape index (κ2) is 12.7. The van der Waals surface area contributed by atoms with Crippen LogP contribution in [0.15, 0.2) is 49.1 Å². The van der Waals surface area contributed by atoms with E-state index in [0.717, 1.165) is 58.1 Å². The molecule has 3 aromatic rings. The number of amides is 1. The number of halogens is 1. The van der Waals surface area contributed by atoms with Gasteiger partial charge < -0.3 is 24.3 Å². The number of anilines is 2. The molecule has 3 fully saturated rings. The lowest BCUT2D eigenvalue weighted by Crippen LogP contribution is -2.56. The van der Waals surface area contributed by atoms with Crippen LogP contribution in [0.3, 0.4) is 0 Å². The topological polar surface area (TPSA) is 69.4 Å². The summed E-state index contributed by atoms with van der Waals surface area (Å²) in [5, 5.41) is 2.90. The maximum Gasteiger partial charge on any atom is 0.318 e. The fraction of sp³-hybridized carbons (Fsp3) is 0.500. The SMILES string of the molecule is [C-]#[N+]C[C@H]1CN(c2nc(OCCN(C)C3CCCC34CC4)nc3c2CCN(c2cccc4cccc(Cl)c24)C3)CCN1C(=O)C=C. The Labute approximate surface area is 276 Å². The molecule has 1 unspecified atom stereocenters. The quantitative estimate of drug-likeness (QED) is 0.223. The molecule has 2 saturated carbocycles. The van der Waals surface area contributed by atoms with Crippen molar-refractivity contribution in [3.05, 3.63) is 76.8 Å².